The van der Waals surface area contributed by atoms with E-state index in [1.165, 1.54) is 0 Å². The first kappa shape index (κ1) is 53.0. The lowest BCUT2D eigenvalue weighted by Crippen LogP contribution is -2.63. The van der Waals surface area contributed by atoms with Crippen LogP contribution in [0.15, 0.2) is 152 Å². The summed E-state index contributed by atoms with van der Waals surface area (Å²) in [5, 5.41) is -0.0716. The van der Waals surface area contributed by atoms with Gasteiger partial charge in [0.15, 0.2) is 11.4 Å². The Hall–Kier alpha value is -4.32. The van der Waals surface area contributed by atoms with Gasteiger partial charge in [-0.2, -0.15) is 0 Å². The molecule has 5 aromatic rings. The van der Waals surface area contributed by atoms with Crippen molar-refractivity contribution in [2.75, 3.05) is 20.3 Å². The van der Waals surface area contributed by atoms with Gasteiger partial charge in [-0.1, -0.05) is 170 Å². The number of rotatable bonds is 23. The van der Waals surface area contributed by atoms with Crippen LogP contribution < -0.4 is 5.73 Å². The Balaban J connectivity index is 1.03. The van der Waals surface area contributed by atoms with Gasteiger partial charge in [0.25, 0.3) is 0 Å². The topological polar surface area (TPSA) is 135 Å². The van der Waals surface area contributed by atoms with E-state index >= 15 is 0 Å². The van der Waals surface area contributed by atoms with Gasteiger partial charge in [0.2, 0.25) is 0 Å². The maximum atomic E-state index is 13.0. The third kappa shape index (κ3) is 14.7. The first-order valence-corrected chi connectivity index (χ1v) is 25.9. The number of carbonyl (C=O) groups excluding carboxylic acids is 1. The predicted molar refractivity (Wildman–Crippen MR) is 273 cm³/mol. The van der Waals surface area contributed by atoms with Crippen molar-refractivity contribution in [3.8, 4) is 0 Å². The molecule has 14 atom stereocenters. The minimum Gasteiger partial charge on any atom is -0.378 e. The van der Waals surface area contributed by atoms with E-state index in [0.717, 1.165) is 39.6 Å². The second-order valence-corrected chi connectivity index (χ2v) is 20.0. The molecule has 0 saturated carbocycles. The van der Waals surface area contributed by atoms with Gasteiger partial charge < -0.3 is 53.1 Å². The van der Waals surface area contributed by atoms with Gasteiger partial charge in [-0.05, 0) is 47.6 Å². The first-order chi connectivity index (χ1) is 34.8. The van der Waals surface area contributed by atoms with E-state index in [1.807, 2.05) is 159 Å². The summed E-state index contributed by atoms with van der Waals surface area (Å²) in [6, 6.07) is 49.7. The largest absolute Gasteiger partial charge is 0.378 e. The van der Waals surface area contributed by atoms with Gasteiger partial charge in [0, 0.05) is 25.9 Å². The van der Waals surface area contributed by atoms with Crippen molar-refractivity contribution in [3.63, 3.8) is 0 Å². The van der Waals surface area contributed by atoms with E-state index in [2.05, 4.69) is 6.92 Å². The highest BCUT2D eigenvalue weighted by molar-refractivity contribution is 8.14. The van der Waals surface area contributed by atoms with Gasteiger partial charge in [-0.15, -0.1) is 0 Å². The van der Waals surface area contributed by atoms with E-state index in [0.29, 0.717) is 45.9 Å². The number of benzene rings is 5. The summed E-state index contributed by atoms with van der Waals surface area (Å²) >= 11 is 1.16. The smallest absolute Gasteiger partial charge is 0.188 e. The fourth-order valence-corrected chi connectivity index (χ4v) is 11.1. The van der Waals surface area contributed by atoms with Crippen molar-refractivity contribution in [1.29, 1.82) is 0 Å². The summed E-state index contributed by atoms with van der Waals surface area (Å²) in [5.41, 5.74) is 11.7. The lowest BCUT2D eigenvalue weighted by Gasteiger charge is -2.51. The highest BCUT2D eigenvalue weighted by Gasteiger charge is 2.53. The van der Waals surface area contributed by atoms with Gasteiger partial charge >= 0.3 is 0 Å². The van der Waals surface area contributed by atoms with Crippen LogP contribution in [0.3, 0.4) is 0 Å². The Morgan fingerprint density at radius 3 is 1.56 bits per heavy atom. The molecule has 0 bridgehead atoms. The lowest BCUT2D eigenvalue weighted by molar-refractivity contribution is -0.333. The fraction of sp³-hybridized carbons (Fsp3) is 0.466. The van der Waals surface area contributed by atoms with E-state index in [4.69, 9.17) is 53.1 Å². The SMILES string of the molecule is CCC1C(OC)[C@H](CC2C(OCc3ccccc3)C(N)[C@@H](COCc3ccccc3)O[C@H]2SC(C)=O)O[C@H](C)C1O[C@@H]1OC[C@@H](OCc2ccccc2)C(OCc2ccccc2)C1OCc1ccccc1. The average Bonchev–Trinajstić information content (AvgIpc) is 3.40. The highest BCUT2D eigenvalue weighted by atomic mass is 32.2. The quantitative estimate of drug-likeness (QED) is 0.0667. The summed E-state index contributed by atoms with van der Waals surface area (Å²) in [6.45, 7) is 7.96. The predicted octanol–water partition coefficient (Wildman–Crippen LogP) is 9.45. The molecule has 2 N–H and O–H groups in total. The minimum atomic E-state index is -0.840. The molecule has 71 heavy (non-hydrogen) atoms. The van der Waals surface area contributed by atoms with Crippen molar-refractivity contribution < 1.29 is 52.2 Å². The molecule has 12 nitrogen and oxygen atoms in total. The number of ether oxygens (including phenoxy) is 10. The molecule has 8 rings (SSSR count). The molecule has 3 aliphatic heterocycles. The van der Waals surface area contributed by atoms with Crippen molar-refractivity contribution in [3.05, 3.63) is 179 Å². The summed E-state index contributed by atoms with van der Waals surface area (Å²) < 4.78 is 67.5. The van der Waals surface area contributed by atoms with Crippen LogP contribution in [-0.4, -0.2) is 98.1 Å². The summed E-state index contributed by atoms with van der Waals surface area (Å²) in [6.07, 6.45) is -4.15. The Morgan fingerprint density at radius 2 is 1.07 bits per heavy atom. The van der Waals surface area contributed by atoms with Crippen LogP contribution in [0.1, 0.15) is 61.4 Å². The Kier molecular flexibility index (Phi) is 20.2. The van der Waals surface area contributed by atoms with Crippen LogP contribution in [0.5, 0.6) is 0 Å². The summed E-state index contributed by atoms with van der Waals surface area (Å²) in [5.74, 6) is -0.492. The summed E-state index contributed by atoms with van der Waals surface area (Å²) in [7, 11) is 1.72. The number of thioether (sulfide) groups is 1. The maximum absolute atomic E-state index is 13.0. The van der Waals surface area contributed by atoms with Crippen LogP contribution in [0.2, 0.25) is 0 Å². The molecule has 3 saturated heterocycles. The third-order valence-corrected chi connectivity index (χ3v) is 14.7. The zero-order chi connectivity index (χ0) is 49.4. The number of methoxy groups -OCH3 is 1. The van der Waals surface area contributed by atoms with Gasteiger partial charge in [-0.25, -0.2) is 0 Å². The van der Waals surface area contributed by atoms with E-state index in [9.17, 15) is 4.79 Å². The van der Waals surface area contributed by atoms with E-state index in [1.54, 1.807) is 14.0 Å². The molecule has 5 aromatic carbocycles. The van der Waals surface area contributed by atoms with E-state index in [-0.39, 0.29) is 30.2 Å². The van der Waals surface area contributed by atoms with Crippen molar-refractivity contribution in [2.45, 2.75) is 139 Å². The molecule has 3 heterocycles. The van der Waals surface area contributed by atoms with Gasteiger partial charge in [0.1, 0.15) is 23.7 Å². The van der Waals surface area contributed by atoms with Crippen LogP contribution in [-0.2, 0) is 85.2 Å². The Labute approximate surface area is 424 Å². The summed E-state index contributed by atoms with van der Waals surface area (Å²) in [4.78, 5) is 13.0. The second-order valence-electron chi connectivity index (χ2n) is 18.7. The molecular formula is C58H71NO11S. The molecule has 380 valence electrons. The molecule has 0 spiro atoms. The van der Waals surface area contributed by atoms with Crippen molar-refractivity contribution in [1.82, 2.24) is 0 Å². The average molecular weight is 990 g/mol. The van der Waals surface area contributed by atoms with Gasteiger partial charge in [0.05, 0.1) is 88.9 Å². The third-order valence-electron chi connectivity index (χ3n) is 13.7. The van der Waals surface area contributed by atoms with Crippen LogP contribution in [0, 0.1) is 11.8 Å². The normalized spacial score (nSPS) is 29.9. The number of nitrogens with two attached hydrogens (primary N) is 1. The number of hydrogen-bond acceptors (Lipinski definition) is 13. The minimum absolute atomic E-state index is 0.0716. The van der Waals surface area contributed by atoms with E-state index < -0.39 is 72.7 Å². The highest BCUT2D eigenvalue weighted by Crippen LogP contribution is 2.43. The monoisotopic (exact) mass is 989 g/mol. The molecular weight excluding hydrogens is 919 g/mol. The molecule has 0 radical (unpaired) electrons. The second kappa shape index (κ2) is 27.1. The molecule has 0 aliphatic carbocycles. The molecule has 8 unspecified atom stereocenters. The fourth-order valence-electron chi connectivity index (χ4n) is 10.1. The molecule has 3 fully saturated rings. The zero-order valence-electron chi connectivity index (χ0n) is 41.4. The first-order valence-electron chi connectivity index (χ1n) is 25.0. The van der Waals surface area contributed by atoms with Crippen molar-refractivity contribution >= 4 is 16.9 Å². The van der Waals surface area contributed by atoms with Crippen LogP contribution >= 0.6 is 11.8 Å². The van der Waals surface area contributed by atoms with Crippen LogP contribution in [0.25, 0.3) is 0 Å². The molecule has 13 heteroatoms. The standard InChI is InChI=1S/C58H71NO11S/c1-5-46-52(70-57-56(66-36-45-29-19-10-20-30-45)55(65-35-44-27-17-9-18-28-44)50(38-67-57)63-33-42-23-13-7-14-24-42)39(2)68-48(53(46)61-4)31-47-54(64-34-43-25-15-8-16-26-43)51(59)49(69-58(47)71-40(3)60)37-62-32-41-21-11-6-12-22-41/h6-30,39,46-58H,5,31-38,59H2,1-4H3/t39-,46?,47?,48+,49-,50-,51?,52?,53?,54?,55?,56?,57+,58+/m1/s1. The molecule has 0 amide bonds. The van der Waals surface area contributed by atoms with Crippen LogP contribution in [0.4, 0.5) is 0 Å². The molecule has 0 aromatic heterocycles. The molecule has 3 aliphatic rings. The van der Waals surface area contributed by atoms with Crippen molar-refractivity contribution in [2.24, 2.45) is 17.6 Å². The lowest BCUT2D eigenvalue weighted by atomic mass is 9.79. The number of carbonyl (C=O) groups is 1. The number of hydrogen-bond donors (Lipinski definition) is 1. The Bertz CT molecular complexity index is 2290. The van der Waals surface area contributed by atoms with Gasteiger partial charge in [-0.3, -0.25) is 4.79 Å². The maximum Gasteiger partial charge on any atom is 0.188 e. The Morgan fingerprint density at radius 1 is 0.592 bits per heavy atom. The zero-order valence-corrected chi connectivity index (χ0v) is 42.2.